The van der Waals surface area contributed by atoms with Crippen LogP contribution in [0.5, 0.6) is 0 Å². The molecular formula is C11H10F2N2O2. The lowest BCUT2D eigenvalue weighted by molar-refractivity contribution is -0.139. The van der Waals surface area contributed by atoms with Crippen LogP contribution in [0.4, 0.5) is 8.78 Å². The van der Waals surface area contributed by atoms with E-state index < -0.39 is 18.1 Å². The van der Waals surface area contributed by atoms with Gasteiger partial charge in [0, 0.05) is 11.8 Å². The molecule has 4 nitrogen and oxygen atoms in total. The predicted octanol–water partition coefficient (Wildman–Crippen LogP) is 1.91. The van der Waals surface area contributed by atoms with Crippen molar-refractivity contribution in [2.45, 2.75) is 19.8 Å². The van der Waals surface area contributed by atoms with Gasteiger partial charge in [-0.25, -0.2) is 8.78 Å². The van der Waals surface area contributed by atoms with E-state index in [9.17, 15) is 13.6 Å². The summed E-state index contributed by atoms with van der Waals surface area (Å²) in [4.78, 5) is 14.7. The van der Waals surface area contributed by atoms with Gasteiger partial charge in [-0.15, -0.1) is 0 Å². The summed E-state index contributed by atoms with van der Waals surface area (Å²) >= 11 is 0. The van der Waals surface area contributed by atoms with Crippen LogP contribution in [0.2, 0.25) is 0 Å². The number of ether oxygens (including phenoxy) is 1. The van der Waals surface area contributed by atoms with E-state index in [2.05, 4.69) is 9.72 Å². The summed E-state index contributed by atoms with van der Waals surface area (Å²) in [6, 6.07) is 1.81. The van der Waals surface area contributed by atoms with E-state index in [1.807, 2.05) is 6.07 Å². The van der Waals surface area contributed by atoms with Gasteiger partial charge in [0.2, 0.25) is 0 Å². The summed E-state index contributed by atoms with van der Waals surface area (Å²) in [6.07, 6.45) is -2.02. The van der Waals surface area contributed by atoms with Gasteiger partial charge in [0.25, 0.3) is 6.43 Å². The minimum absolute atomic E-state index is 0.0562. The Hall–Kier alpha value is -2.03. The van der Waals surface area contributed by atoms with Crippen LogP contribution in [0.25, 0.3) is 0 Å². The molecule has 17 heavy (non-hydrogen) atoms. The minimum Gasteiger partial charge on any atom is -0.469 e. The largest absolute Gasteiger partial charge is 0.469 e. The number of aromatic nitrogens is 1. The molecule has 1 rings (SSSR count). The zero-order valence-electron chi connectivity index (χ0n) is 9.33. The Balaban J connectivity index is 3.35. The molecule has 1 aromatic heterocycles. The average Bonchev–Trinajstić information content (AvgIpc) is 2.28. The Morgan fingerprint density at radius 1 is 1.65 bits per heavy atom. The van der Waals surface area contributed by atoms with Crippen molar-refractivity contribution >= 4 is 5.97 Å². The van der Waals surface area contributed by atoms with Gasteiger partial charge >= 0.3 is 5.97 Å². The number of methoxy groups -OCH3 is 1. The molecular weight excluding hydrogens is 230 g/mol. The summed E-state index contributed by atoms with van der Waals surface area (Å²) in [7, 11) is 1.15. The number of aryl methyl sites for hydroxylation is 1. The van der Waals surface area contributed by atoms with Gasteiger partial charge in [0.1, 0.15) is 5.69 Å². The fourth-order valence-electron chi connectivity index (χ4n) is 1.41. The predicted molar refractivity (Wildman–Crippen MR) is 54.4 cm³/mol. The number of carbonyl (C=O) groups is 1. The van der Waals surface area contributed by atoms with Crippen molar-refractivity contribution in [3.05, 3.63) is 28.6 Å². The molecule has 0 atom stereocenters. The molecule has 0 aliphatic heterocycles. The lowest BCUT2D eigenvalue weighted by Crippen LogP contribution is -2.11. The van der Waals surface area contributed by atoms with Gasteiger partial charge in [-0.2, -0.15) is 5.26 Å². The molecule has 0 bridgehead atoms. The molecule has 90 valence electrons. The fraction of sp³-hybridized carbons (Fsp3) is 0.364. The normalized spacial score (nSPS) is 10.1. The second-order valence-corrected chi connectivity index (χ2v) is 3.35. The number of halogens is 2. The maximum Gasteiger partial charge on any atom is 0.310 e. The molecule has 6 heteroatoms. The van der Waals surface area contributed by atoms with Crippen molar-refractivity contribution in [2.24, 2.45) is 0 Å². The molecule has 0 amide bonds. The maximum absolute atomic E-state index is 12.7. The van der Waals surface area contributed by atoms with E-state index in [-0.39, 0.29) is 17.5 Å². The first kappa shape index (κ1) is 13.0. The Morgan fingerprint density at radius 2 is 2.29 bits per heavy atom. The van der Waals surface area contributed by atoms with Crippen molar-refractivity contribution in [3.8, 4) is 6.07 Å². The number of hydrogen-bond acceptors (Lipinski definition) is 4. The molecule has 0 aliphatic rings. The summed E-state index contributed by atoms with van der Waals surface area (Å²) in [5.41, 5.74) is -0.0941. The Kier molecular flexibility index (Phi) is 4.10. The number of rotatable bonds is 3. The van der Waals surface area contributed by atoms with Crippen LogP contribution in [-0.2, 0) is 16.0 Å². The quantitative estimate of drug-likeness (QED) is 0.757. The van der Waals surface area contributed by atoms with Crippen LogP contribution >= 0.6 is 0 Å². The topological polar surface area (TPSA) is 63.0 Å². The standard InChI is InChI=1S/C11H10F2N2O2/c1-6-5-15-10(11(12)13)7(8(6)4-14)3-9(16)17-2/h5,11H,3H2,1-2H3. The van der Waals surface area contributed by atoms with Crippen LogP contribution in [0.3, 0.4) is 0 Å². The van der Waals surface area contributed by atoms with Crippen LogP contribution in [-0.4, -0.2) is 18.1 Å². The average molecular weight is 240 g/mol. The maximum atomic E-state index is 12.7. The van der Waals surface area contributed by atoms with Gasteiger partial charge in [0.05, 0.1) is 25.2 Å². The first-order valence-corrected chi connectivity index (χ1v) is 4.74. The highest BCUT2D eigenvalue weighted by Gasteiger charge is 2.21. The molecule has 1 aromatic rings. The molecule has 0 spiro atoms. The molecule has 1 heterocycles. The van der Waals surface area contributed by atoms with Crippen molar-refractivity contribution in [3.63, 3.8) is 0 Å². The van der Waals surface area contributed by atoms with Gasteiger partial charge in [-0.1, -0.05) is 0 Å². The first-order chi connectivity index (χ1) is 8.01. The van der Waals surface area contributed by atoms with Gasteiger partial charge in [-0.05, 0) is 12.5 Å². The number of alkyl halides is 2. The second-order valence-electron chi connectivity index (χ2n) is 3.35. The third kappa shape index (κ3) is 2.75. The smallest absolute Gasteiger partial charge is 0.310 e. The summed E-state index contributed by atoms with van der Waals surface area (Å²) in [6.45, 7) is 1.57. The van der Waals surface area contributed by atoms with Gasteiger partial charge in [0.15, 0.2) is 0 Å². The lowest BCUT2D eigenvalue weighted by atomic mass is 10.0. The fourth-order valence-corrected chi connectivity index (χ4v) is 1.41. The molecule has 0 unspecified atom stereocenters. The molecule has 0 aromatic carbocycles. The van der Waals surface area contributed by atoms with Crippen molar-refractivity contribution in [1.82, 2.24) is 4.98 Å². The third-order valence-electron chi connectivity index (χ3n) is 2.27. The first-order valence-electron chi connectivity index (χ1n) is 4.74. The zero-order chi connectivity index (χ0) is 13.0. The number of pyridine rings is 1. The van der Waals surface area contributed by atoms with Crippen molar-refractivity contribution < 1.29 is 18.3 Å². The Bertz CT molecular complexity index is 481. The SMILES string of the molecule is COC(=O)Cc1c(C(F)F)ncc(C)c1C#N. The second kappa shape index (κ2) is 5.34. The number of hydrogen-bond donors (Lipinski definition) is 0. The van der Waals surface area contributed by atoms with E-state index in [0.717, 1.165) is 7.11 Å². The Morgan fingerprint density at radius 3 is 2.76 bits per heavy atom. The van der Waals surface area contributed by atoms with Crippen LogP contribution in [0.1, 0.15) is 28.8 Å². The highest BCUT2D eigenvalue weighted by atomic mass is 19.3. The van der Waals surface area contributed by atoms with Crippen LogP contribution in [0, 0.1) is 18.3 Å². The molecule has 0 aliphatic carbocycles. The Labute approximate surface area is 96.8 Å². The minimum atomic E-state index is -2.83. The molecule has 0 saturated heterocycles. The van der Waals surface area contributed by atoms with E-state index in [4.69, 9.17) is 5.26 Å². The van der Waals surface area contributed by atoms with Gasteiger partial charge in [-0.3, -0.25) is 9.78 Å². The number of nitrogens with zero attached hydrogens (tertiary/aromatic N) is 2. The van der Waals surface area contributed by atoms with Gasteiger partial charge < -0.3 is 4.74 Å². The molecule has 0 fully saturated rings. The van der Waals surface area contributed by atoms with E-state index in [0.29, 0.717) is 5.56 Å². The molecule has 0 radical (unpaired) electrons. The number of nitriles is 1. The summed E-state index contributed by atoms with van der Waals surface area (Å²) < 4.78 is 29.8. The van der Waals surface area contributed by atoms with E-state index in [1.54, 1.807) is 6.92 Å². The van der Waals surface area contributed by atoms with E-state index >= 15 is 0 Å². The number of esters is 1. The van der Waals surface area contributed by atoms with E-state index in [1.165, 1.54) is 6.20 Å². The van der Waals surface area contributed by atoms with Crippen molar-refractivity contribution in [2.75, 3.05) is 7.11 Å². The van der Waals surface area contributed by atoms with Crippen molar-refractivity contribution in [1.29, 1.82) is 5.26 Å². The monoisotopic (exact) mass is 240 g/mol. The molecule has 0 saturated carbocycles. The van der Waals surface area contributed by atoms with Crippen LogP contribution in [0.15, 0.2) is 6.20 Å². The summed E-state index contributed by atoms with van der Waals surface area (Å²) in [5.74, 6) is -0.684. The number of carbonyl (C=O) groups excluding carboxylic acids is 1. The third-order valence-corrected chi connectivity index (χ3v) is 2.27. The highest BCUT2D eigenvalue weighted by Crippen LogP contribution is 2.25. The lowest BCUT2D eigenvalue weighted by Gasteiger charge is -2.10. The zero-order valence-corrected chi connectivity index (χ0v) is 9.33. The summed E-state index contributed by atoms with van der Waals surface area (Å²) in [5, 5.41) is 8.92. The molecule has 0 N–H and O–H groups in total. The van der Waals surface area contributed by atoms with Crippen LogP contribution < -0.4 is 0 Å². The highest BCUT2D eigenvalue weighted by molar-refractivity contribution is 5.74.